The van der Waals surface area contributed by atoms with Gasteiger partial charge in [-0.2, -0.15) is 18.3 Å². The molecule has 4 aliphatic heterocycles. The zero-order valence-electron chi connectivity index (χ0n) is 23.6. The van der Waals surface area contributed by atoms with Crippen LogP contribution in [0.5, 0.6) is 0 Å². The number of carbonyl (C=O) groups excluding carboxylic acids is 1. The third-order valence-corrected chi connectivity index (χ3v) is 9.15. The molecule has 13 heteroatoms. The zero-order valence-corrected chi connectivity index (χ0v) is 23.6. The highest BCUT2D eigenvalue weighted by Crippen LogP contribution is 2.38. The maximum absolute atomic E-state index is 13.9. The number of piperazine rings is 1. The van der Waals surface area contributed by atoms with Crippen molar-refractivity contribution < 1.29 is 22.7 Å². The van der Waals surface area contributed by atoms with Crippen molar-refractivity contribution in [1.29, 1.82) is 0 Å². The van der Waals surface area contributed by atoms with Crippen LogP contribution in [0.4, 0.5) is 24.8 Å². The van der Waals surface area contributed by atoms with Crippen molar-refractivity contribution in [2.24, 2.45) is 0 Å². The Balaban J connectivity index is 1.14. The van der Waals surface area contributed by atoms with Crippen molar-refractivity contribution in [3.63, 3.8) is 0 Å². The molecule has 4 aliphatic rings. The molecule has 4 fully saturated rings. The molecule has 0 bridgehead atoms. The average Bonchev–Trinajstić information content (AvgIpc) is 3.31. The van der Waals surface area contributed by atoms with E-state index in [0.717, 1.165) is 31.5 Å². The Morgan fingerprint density at radius 2 is 1.76 bits per heavy atom. The van der Waals surface area contributed by atoms with Crippen LogP contribution in [0.1, 0.15) is 48.8 Å². The molecule has 6 heterocycles. The molecule has 41 heavy (non-hydrogen) atoms. The van der Waals surface area contributed by atoms with E-state index in [-0.39, 0.29) is 30.0 Å². The first-order chi connectivity index (χ1) is 19.6. The molecule has 10 nitrogen and oxygen atoms in total. The summed E-state index contributed by atoms with van der Waals surface area (Å²) < 4.78 is 49.2. The number of rotatable bonds is 6. The first-order valence-corrected chi connectivity index (χ1v) is 14.4. The van der Waals surface area contributed by atoms with Gasteiger partial charge in [0.2, 0.25) is 11.7 Å². The predicted molar refractivity (Wildman–Crippen MR) is 147 cm³/mol. The van der Waals surface area contributed by atoms with Crippen molar-refractivity contribution >= 4 is 17.5 Å². The molecule has 0 unspecified atom stereocenters. The molecule has 0 N–H and O–H groups in total. The van der Waals surface area contributed by atoms with Gasteiger partial charge in [0.25, 0.3) is 0 Å². The van der Waals surface area contributed by atoms with E-state index < -0.39 is 12.0 Å². The Bertz CT molecular complexity index is 1280. The fraction of sp³-hybridized carbons (Fsp3) is 0.643. The third-order valence-electron chi connectivity index (χ3n) is 9.15. The number of nitrogens with zero attached hydrogens (tertiary/aromatic N) is 8. The number of hydrogen-bond acceptors (Lipinski definition) is 8. The second-order valence-electron chi connectivity index (χ2n) is 11.5. The number of piperidine rings is 1. The predicted octanol–water partition coefficient (Wildman–Crippen LogP) is 2.86. The molecule has 0 radical (unpaired) electrons. The van der Waals surface area contributed by atoms with E-state index in [1.807, 2.05) is 22.9 Å². The van der Waals surface area contributed by atoms with Gasteiger partial charge in [-0.25, -0.2) is 9.97 Å². The summed E-state index contributed by atoms with van der Waals surface area (Å²) in [4.78, 5) is 27.8. The first kappa shape index (κ1) is 28.0. The van der Waals surface area contributed by atoms with Gasteiger partial charge in [-0.3, -0.25) is 14.4 Å². The molecule has 6 rings (SSSR count). The number of aryl methyl sites for hydroxylation is 1. The SMILES string of the molecule is C=CC(=O)N1CCN([C@@H]2CN(c3cc(N4CCC(c5c(C)cnn5C5COC5)CC4)nc(C(F)(F)F)n3)[C@@H]2C)CC1. The van der Waals surface area contributed by atoms with Crippen molar-refractivity contribution in [1.82, 2.24) is 29.5 Å². The molecule has 1 amide bonds. The van der Waals surface area contributed by atoms with E-state index in [9.17, 15) is 18.0 Å². The number of alkyl halides is 3. The summed E-state index contributed by atoms with van der Waals surface area (Å²) in [6.07, 6.45) is 0.206. The second-order valence-corrected chi connectivity index (χ2v) is 11.5. The highest BCUT2D eigenvalue weighted by atomic mass is 19.4. The summed E-state index contributed by atoms with van der Waals surface area (Å²) in [5.41, 5.74) is 2.36. The number of hydrogen-bond donors (Lipinski definition) is 0. The lowest BCUT2D eigenvalue weighted by Gasteiger charge is -2.53. The number of halogens is 3. The number of aromatic nitrogens is 4. The second kappa shape index (κ2) is 10.9. The fourth-order valence-electron chi connectivity index (χ4n) is 6.58. The van der Waals surface area contributed by atoms with Crippen molar-refractivity contribution in [3.05, 3.63) is 42.0 Å². The van der Waals surface area contributed by atoms with Crippen molar-refractivity contribution in [3.8, 4) is 0 Å². The highest BCUT2D eigenvalue weighted by Gasteiger charge is 2.43. The normalized spacial score (nSPS) is 24.8. The highest BCUT2D eigenvalue weighted by molar-refractivity contribution is 5.87. The van der Waals surface area contributed by atoms with E-state index in [1.165, 1.54) is 11.8 Å². The summed E-state index contributed by atoms with van der Waals surface area (Å²) >= 11 is 0. The minimum atomic E-state index is -4.64. The monoisotopic (exact) mass is 574 g/mol. The van der Waals surface area contributed by atoms with Crippen LogP contribution in [0, 0.1) is 6.92 Å². The molecule has 2 aromatic rings. The molecule has 0 spiro atoms. The molecular formula is C28H37F3N8O2. The molecule has 4 saturated heterocycles. The van der Waals surface area contributed by atoms with Crippen LogP contribution in [0.25, 0.3) is 0 Å². The summed E-state index contributed by atoms with van der Waals surface area (Å²) in [6, 6.07) is 2.15. The van der Waals surface area contributed by atoms with Crippen LogP contribution < -0.4 is 9.80 Å². The number of ether oxygens (including phenoxy) is 1. The molecule has 0 aromatic carbocycles. The summed E-state index contributed by atoms with van der Waals surface area (Å²) in [6.45, 7) is 13.5. The van der Waals surface area contributed by atoms with Crippen LogP contribution in [-0.4, -0.2) is 107 Å². The van der Waals surface area contributed by atoms with Crippen LogP contribution >= 0.6 is 0 Å². The molecule has 0 aliphatic carbocycles. The van der Waals surface area contributed by atoms with Gasteiger partial charge in [-0.05, 0) is 38.3 Å². The Labute approximate surface area is 237 Å². The number of carbonyl (C=O) groups is 1. The van der Waals surface area contributed by atoms with Crippen LogP contribution in [0.15, 0.2) is 24.9 Å². The van der Waals surface area contributed by atoms with Crippen molar-refractivity contribution in [2.75, 3.05) is 68.8 Å². The van der Waals surface area contributed by atoms with Gasteiger partial charge in [0.05, 0.1) is 25.5 Å². The van der Waals surface area contributed by atoms with Gasteiger partial charge in [0.1, 0.15) is 11.6 Å². The number of amides is 1. The quantitative estimate of drug-likeness (QED) is 0.488. The molecule has 0 saturated carbocycles. The number of anilines is 2. The van der Waals surface area contributed by atoms with E-state index in [2.05, 4.69) is 38.2 Å². The minimum Gasteiger partial charge on any atom is -0.377 e. The standard InChI is InChI=1S/C28H37F3N8O2/c1-4-25(40)37-11-9-35(10-12-37)22-15-38(19(22)3)24-13-23(33-27(34-24)28(29,30)31)36-7-5-20(6-8-36)26-18(2)14-32-39(26)21-16-41-17-21/h4,13-14,19-22H,1,5-12,15-17H2,2-3H3/t19-,22-/m1/s1. The van der Waals surface area contributed by atoms with Crippen LogP contribution in [0.2, 0.25) is 0 Å². The third kappa shape index (κ3) is 5.29. The molecule has 2 aromatic heterocycles. The molecule has 222 valence electrons. The topological polar surface area (TPSA) is 82.9 Å². The Kier molecular flexibility index (Phi) is 7.43. The van der Waals surface area contributed by atoms with Gasteiger partial charge in [-0.1, -0.05) is 6.58 Å². The van der Waals surface area contributed by atoms with Gasteiger partial charge in [0, 0.05) is 75.6 Å². The maximum Gasteiger partial charge on any atom is 0.451 e. The summed E-state index contributed by atoms with van der Waals surface area (Å²) in [5.74, 6) is -0.244. The minimum absolute atomic E-state index is 0.00928. The molecular weight excluding hydrogens is 537 g/mol. The first-order valence-electron chi connectivity index (χ1n) is 14.4. The van der Waals surface area contributed by atoms with E-state index >= 15 is 0 Å². The van der Waals surface area contributed by atoms with E-state index in [0.29, 0.717) is 57.6 Å². The average molecular weight is 575 g/mol. The zero-order chi connectivity index (χ0) is 28.9. The Morgan fingerprint density at radius 3 is 2.34 bits per heavy atom. The summed E-state index contributed by atoms with van der Waals surface area (Å²) in [7, 11) is 0. The van der Waals surface area contributed by atoms with Crippen LogP contribution in [-0.2, 0) is 15.7 Å². The van der Waals surface area contributed by atoms with Crippen LogP contribution in [0.3, 0.4) is 0 Å². The van der Waals surface area contributed by atoms with Gasteiger partial charge in [0.15, 0.2) is 0 Å². The fourth-order valence-corrected chi connectivity index (χ4v) is 6.58. The lowest BCUT2D eigenvalue weighted by atomic mass is 9.91. The van der Waals surface area contributed by atoms with Gasteiger partial charge < -0.3 is 19.4 Å². The lowest BCUT2D eigenvalue weighted by Crippen LogP contribution is -2.68. The van der Waals surface area contributed by atoms with Gasteiger partial charge in [-0.15, -0.1) is 0 Å². The smallest absolute Gasteiger partial charge is 0.377 e. The maximum atomic E-state index is 13.9. The largest absolute Gasteiger partial charge is 0.451 e. The van der Waals surface area contributed by atoms with E-state index in [1.54, 1.807) is 11.0 Å². The summed E-state index contributed by atoms with van der Waals surface area (Å²) in [5, 5.41) is 4.58. The van der Waals surface area contributed by atoms with E-state index in [4.69, 9.17) is 4.74 Å². The van der Waals surface area contributed by atoms with Gasteiger partial charge >= 0.3 is 6.18 Å². The van der Waals surface area contributed by atoms with Crippen molar-refractivity contribution in [2.45, 2.75) is 56.9 Å². The molecule has 2 atom stereocenters. The Hall–Kier alpha value is -3.19. The lowest BCUT2D eigenvalue weighted by molar-refractivity contribution is -0.144. The Morgan fingerprint density at radius 1 is 1.07 bits per heavy atom.